The number of ether oxygens (including phenoxy) is 2. The highest BCUT2D eigenvalue weighted by Crippen LogP contribution is 2.37. The first-order valence-corrected chi connectivity index (χ1v) is 10.8. The standard InChI is InChI=1S/C21H18BrNO4S2/c1-3-26-19(24)12-27-17-8-7-15(22)10-14(17)11-18-20(25)23(21(28)29-18)16-6-4-5-13(2)9-16/h4-11H,3,12H2,1-2H3/b18-11-. The van der Waals surface area contributed by atoms with Crippen LogP contribution in [0.5, 0.6) is 5.75 Å². The Kier molecular flexibility index (Phi) is 7.10. The van der Waals surface area contributed by atoms with E-state index in [-0.39, 0.29) is 19.1 Å². The number of thioether (sulfide) groups is 1. The molecule has 0 bridgehead atoms. The van der Waals surface area contributed by atoms with Gasteiger partial charge in [-0.2, -0.15) is 0 Å². The Hall–Kier alpha value is -2.16. The number of halogens is 1. The van der Waals surface area contributed by atoms with E-state index in [1.807, 2.05) is 37.3 Å². The van der Waals surface area contributed by atoms with Gasteiger partial charge in [0.25, 0.3) is 5.91 Å². The van der Waals surface area contributed by atoms with Crippen LogP contribution >= 0.6 is 39.9 Å². The van der Waals surface area contributed by atoms with Gasteiger partial charge in [-0.1, -0.05) is 52.0 Å². The van der Waals surface area contributed by atoms with Gasteiger partial charge in [0, 0.05) is 10.0 Å². The molecule has 1 amide bonds. The predicted molar refractivity (Wildman–Crippen MR) is 123 cm³/mol. The third-order valence-electron chi connectivity index (χ3n) is 3.96. The van der Waals surface area contributed by atoms with E-state index in [2.05, 4.69) is 15.9 Å². The van der Waals surface area contributed by atoms with Crippen LogP contribution in [0.4, 0.5) is 5.69 Å². The van der Waals surface area contributed by atoms with Crippen LogP contribution in [0.25, 0.3) is 6.08 Å². The smallest absolute Gasteiger partial charge is 0.344 e. The van der Waals surface area contributed by atoms with Crippen molar-refractivity contribution in [3.05, 3.63) is 63.0 Å². The van der Waals surface area contributed by atoms with Gasteiger partial charge in [0.05, 0.1) is 17.2 Å². The lowest BCUT2D eigenvalue weighted by Crippen LogP contribution is -2.27. The van der Waals surface area contributed by atoms with Crippen LogP contribution in [0.2, 0.25) is 0 Å². The Labute approximate surface area is 187 Å². The van der Waals surface area contributed by atoms with E-state index in [9.17, 15) is 9.59 Å². The number of aryl methyl sites for hydroxylation is 1. The summed E-state index contributed by atoms with van der Waals surface area (Å²) in [5, 5.41) is 0. The molecule has 1 saturated heterocycles. The number of nitrogens with zero attached hydrogens (tertiary/aromatic N) is 1. The highest BCUT2D eigenvalue weighted by molar-refractivity contribution is 9.10. The lowest BCUT2D eigenvalue weighted by atomic mass is 10.1. The van der Waals surface area contributed by atoms with Gasteiger partial charge in [-0.25, -0.2) is 4.79 Å². The van der Waals surface area contributed by atoms with E-state index in [1.165, 1.54) is 16.7 Å². The predicted octanol–water partition coefficient (Wildman–Crippen LogP) is 5.11. The van der Waals surface area contributed by atoms with Gasteiger partial charge in [0.1, 0.15) is 5.75 Å². The molecule has 2 aromatic carbocycles. The van der Waals surface area contributed by atoms with Gasteiger partial charge in [-0.3, -0.25) is 9.69 Å². The largest absolute Gasteiger partial charge is 0.481 e. The van der Waals surface area contributed by atoms with Crippen molar-refractivity contribution in [2.75, 3.05) is 18.1 Å². The van der Waals surface area contributed by atoms with Gasteiger partial charge in [0.2, 0.25) is 0 Å². The molecule has 3 rings (SSSR count). The molecule has 0 aliphatic carbocycles. The number of anilines is 1. The van der Waals surface area contributed by atoms with Gasteiger partial charge in [-0.05, 0) is 55.8 Å². The van der Waals surface area contributed by atoms with Crippen LogP contribution in [-0.4, -0.2) is 29.4 Å². The quantitative estimate of drug-likeness (QED) is 0.318. The second kappa shape index (κ2) is 9.56. The Morgan fingerprint density at radius 1 is 1.28 bits per heavy atom. The molecule has 1 aliphatic heterocycles. The number of rotatable bonds is 6. The molecule has 0 radical (unpaired) electrons. The molecule has 0 aromatic heterocycles. The molecule has 29 heavy (non-hydrogen) atoms. The molecular formula is C21H18BrNO4S2. The van der Waals surface area contributed by atoms with Crippen molar-refractivity contribution in [1.82, 2.24) is 0 Å². The van der Waals surface area contributed by atoms with E-state index in [1.54, 1.807) is 25.1 Å². The monoisotopic (exact) mass is 491 g/mol. The number of amides is 1. The second-order valence-electron chi connectivity index (χ2n) is 6.13. The fourth-order valence-electron chi connectivity index (χ4n) is 2.70. The van der Waals surface area contributed by atoms with Crippen molar-refractivity contribution in [3.63, 3.8) is 0 Å². The SMILES string of the molecule is CCOC(=O)COc1ccc(Br)cc1/C=C1\SC(=S)N(c2cccc(C)c2)C1=O. The summed E-state index contributed by atoms with van der Waals surface area (Å²) in [5.41, 5.74) is 2.44. The number of thiocarbonyl (C=S) groups is 1. The molecule has 5 nitrogen and oxygen atoms in total. The number of esters is 1. The first-order chi connectivity index (χ1) is 13.9. The summed E-state index contributed by atoms with van der Waals surface area (Å²) in [6.45, 7) is 3.78. The molecule has 0 unspecified atom stereocenters. The van der Waals surface area contributed by atoms with Crippen molar-refractivity contribution in [2.45, 2.75) is 13.8 Å². The fourth-order valence-corrected chi connectivity index (χ4v) is 4.37. The van der Waals surface area contributed by atoms with Crippen molar-refractivity contribution in [2.24, 2.45) is 0 Å². The Morgan fingerprint density at radius 3 is 2.79 bits per heavy atom. The maximum atomic E-state index is 13.0. The zero-order valence-electron chi connectivity index (χ0n) is 15.8. The highest BCUT2D eigenvalue weighted by Gasteiger charge is 2.33. The third-order valence-corrected chi connectivity index (χ3v) is 5.76. The summed E-state index contributed by atoms with van der Waals surface area (Å²) >= 11 is 10.1. The summed E-state index contributed by atoms with van der Waals surface area (Å²) < 4.78 is 11.8. The first-order valence-electron chi connectivity index (χ1n) is 8.81. The van der Waals surface area contributed by atoms with Gasteiger partial charge in [0.15, 0.2) is 10.9 Å². The highest BCUT2D eigenvalue weighted by atomic mass is 79.9. The molecule has 0 atom stereocenters. The van der Waals surface area contributed by atoms with Gasteiger partial charge < -0.3 is 9.47 Å². The summed E-state index contributed by atoms with van der Waals surface area (Å²) in [4.78, 5) is 26.6. The molecule has 0 saturated carbocycles. The van der Waals surface area contributed by atoms with E-state index >= 15 is 0 Å². The normalized spacial score (nSPS) is 15.1. The number of hydrogen-bond donors (Lipinski definition) is 0. The summed E-state index contributed by atoms with van der Waals surface area (Å²) in [7, 11) is 0. The van der Waals surface area contributed by atoms with Crippen LogP contribution in [0.15, 0.2) is 51.8 Å². The number of carbonyl (C=O) groups excluding carboxylic acids is 2. The van der Waals surface area contributed by atoms with Crippen molar-refractivity contribution < 1.29 is 19.1 Å². The number of carbonyl (C=O) groups is 2. The minimum absolute atomic E-state index is 0.193. The summed E-state index contributed by atoms with van der Waals surface area (Å²) in [6.07, 6.45) is 1.72. The summed E-state index contributed by atoms with van der Waals surface area (Å²) in [5.74, 6) is -0.170. The fraction of sp³-hybridized carbons (Fsp3) is 0.190. The molecule has 1 aliphatic rings. The van der Waals surface area contributed by atoms with Gasteiger partial charge in [-0.15, -0.1) is 0 Å². The molecule has 0 N–H and O–H groups in total. The zero-order chi connectivity index (χ0) is 21.0. The Bertz CT molecular complexity index is 1010. The minimum Gasteiger partial charge on any atom is -0.481 e. The Balaban J connectivity index is 1.88. The third kappa shape index (κ3) is 5.26. The molecule has 2 aromatic rings. The lowest BCUT2D eigenvalue weighted by Gasteiger charge is -2.15. The van der Waals surface area contributed by atoms with Crippen LogP contribution in [0.3, 0.4) is 0 Å². The van der Waals surface area contributed by atoms with Gasteiger partial charge >= 0.3 is 5.97 Å². The topological polar surface area (TPSA) is 55.8 Å². The molecule has 0 spiro atoms. The molecule has 8 heteroatoms. The van der Waals surface area contributed by atoms with Crippen molar-refractivity contribution >= 4 is 67.9 Å². The zero-order valence-corrected chi connectivity index (χ0v) is 19.0. The van der Waals surface area contributed by atoms with Crippen LogP contribution in [-0.2, 0) is 14.3 Å². The van der Waals surface area contributed by atoms with Crippen LogP contribution < -0.4 is 9.64 Å². The average molecular weight is 492 g/mol. The second-order valence-corrected chi connectivity index (χ2v) is 8.72. The summed E-state index contributed by atoms with van der Waals surface area (Å²) in [6, 6.07) is 13.0. The van der Waals surface area contributed by atoms with E-state index in [0.717, 1.165) is 15.7 Å². The Morgan fingerprint density at radius 2 is 2.07 bits per heavy atom. The number of hydrogen-bond acceptors (Lipinski definition) is 6. The van der Waals surface area contributed by atoms with Crippen LogP contribution in [0, 0.1) is 6.92 Å². The maximum Gasteiger partial charge on any atom is 0.344 e. The maximum absolute atomic E-state index is 13.0. The van der Waals surface area contributed by atoms with Crippen molar-refractivity contribution in [3.8, 4) is 5.75 Å². The lowest BCUT2D eigenvalue weighted by molar-refractivity contribution is -0.145. The van der Waals surface area contributed by atoms with E-state index < -0.39 is 5.97 Å². The van der Waals surface area contributed by atoms with E-state index in [4.69, 9.17) is 21.7 Å². The minimum atomic E-state index is -0.452. The van der Waals surface area contributed by atoms with Crippen molar-refractivity contribution in [1.29, 1.82) is 0 Å². The van der Waals surface area contributed by atoms with Crippen LogP contribution in [0.1, 0.15) is 18.1 Å². The number of benzene rings is 2. The molecule has 150 valence electrons. The molecular weight excluding hydrogens is 474 g/mol. The average Bonchev–Trinajstić information content (AvgIpc) is 2.94. The first kappa shape index (κ1) is 21.5. The molecule has 1 heterocycles. The van der Waals surface area contributed by atoms with E-state index in [0.29, 0.717) is 20.5 Å². The molecule has 1 fully saturated rings.